The molecule has 0 radical (unpaired) electrons. The molecule has 0 rings (SSSR count). The normalized spacial score (nSPS) is 12.0. The standard InChI is InChI=1S/C8H16N2OS/c1-6(7(2)11)5-9-8(12)10(3)4/h6H,5H2,1-4H3,(H,9,12). The van der Waals surface area contributed by atoms with Gasteiger partial charge in [0.1, 0.15) is 5.78 Å². The van der Waals surface area contributed by atoms with Crippen molar-refractivity contribution in [3.8, 4) is 0 Å². The van der Waals surface area contributed by atoms with Gasteiger partial charge in [-0.05, 0) is 19.1 Å². The third-order valence-electron chi connectivity index (χ3n) is 1.66. The SMILES string of the molecule is CC(=O)C(C)CNC(=S)N(C)C. The predicted octanol–water partition coefficient (Wildman–Crippen LogP) is 0.648. The van der Waals surface area contributed by atoms with E-state index >= 15 is 0 Å². The highest BCUT2D eigenvalue weighted by Gasteiger charge is 2.07. The van der Waals surface area contributed by atoms with Crippen LogP contribution in [0.2, 0.25) is 0 Å². The summed E-state index contributed by atoms with van der Waals surface area (Å²) in [5.41, 5.74) is 0. The highest BCUT2D eigenvalue weighted by Crippen LogP contribution is 1.93. The van der Waals surface area contributed by atoms with Gasteiger partial charge in [-0.15, -0.1) is 0 Å². The molecule has 0 saturated carbocycles. The Kier molecular flexibility index (Phi) is 4.81. The summed E-state index contributed by atoms with van der Waals surface area (Å²) in [7, 11) is 3.74. The second kappa shape index (κ2) is 5.09. The average molecular weight is 188 g/mol. The molecule has 0 amide bonds. The largest absolute Gasteiger partial charge is 0.362 e. The lowest BCUT2D eigenvalue weighted by molar-refractivity contribution is -0.120. The molecule has 70 valence electrons. The molecule has 0 aliphatic rings. The van der Waals surface area contributed by atoms with Crippen LogP contribution >= 0.6 is 12.2 Å². The van der Waals surface area contributed by atoms with Crippen LogP contribution in [0.4, 0.5) is 0 Å². The zero-order chi connectivity index (χ0) is 9.72. The Hall–Kier alpha value is -0.640. The first-order chi connectivity index (χ1) is 5.45. The topological polar surface area (TPSA) is 32.3 Å². The molecule has 0 aromatic carbocycles. The number of rotatable bonds is 3. The molecule has 0 saturated heterocycles. The molecule has 0 spiro atoms. The second-order valence-electron chi connectivity index (χ2n) is 3.09. The first kappa shape index (κ1) is 11.4. The van der Waals surface area contributed by atoms with Gasteiger partial charge < -0.3 is 10.2 Å². The molecule has 0 fully saturated rings. The highest BCUT2D eigenvalue weighted by atomic mass is 32.1. The molecule has 0 bridgehead atoms. The van der Waals surface area contributed by atoms with E-state index in [1.807, 2.05) is 25.9 Å². The van der Waals surface area contributed by atoms with Gasteiger partial charge in [0.25, 0.3) is 0 Å². The molecule has 12 heavy (non-hydrogen) atoms. The summed E-state index contributed by atoms with van der Waals surface area (Å²) in [6, 6.07) is 0. The lowest BCUT2D eigenvalue weighted by Gasteiger charge is -2.17. The zero-order valence-electron chi connectivity index (χ0n) is 8.05. The number of carbonyl (C=O) groups excluding carboxylic acids is 1. The number of hydrogen-bond donors (Lipinski definition) is 1. The molecular formula is C8H16N2OS. The third-order valence-corrected chi connectivity index (χ3v) is 2.17. The monoisotopic (exact) mass is 188 g/mol. The van der Waals surface area contributed by atoms with E-state index in [4.69, 9.17) is 12.2 Å². The fourth-order valence-electron chi connectivity index (χ4n) is 0.542. The molecule has 0 aromatic heterocycles. The van der Waals surface area contributed by atoms with E-state index in [9.17, 15) is 4.79 Å². The van der Waals surface area contributed by atoms with Gasteiger partial charge in [0.15, 0.2) is 5.11 Å². The Balaban J connectivity index is 3.69. The maximum atomic E-state index is 10.8. The number of nitrogens with zero attached hydrogens (tertiary/aromatic N) is 1. The maximum Gasteiger partial charge on any atom is 0.168 e. The van der Waals surface area contributed by atoms with Crippen LogP contribution in [0.3, 0.4) is 0 Å². The number of thiocarbonyl (C=S) groups is 1. The second-order valence-corrected chi connectivity index (χ2v) is 3.48. The van der Waals surface area contributed by atoms with Crippen LogP contribution in [0.25, 0.3) is 0 Å². The first-order valence-corrected chi connectivity index (χ1v) is 4.31. The fraction of sp³-hybridized carbons (Fsp3) is 0.750. The molecule has 1 N–H and O–H groups in total. The van der Waals surface area contributed by atoms with Gasteiger partial charge in [0, 0.05) is 26.6 Å². The predicted molar refractivity (Wildman–Crippen MR) is 54.1 cm³/mol. The van der Waals surface area contributed by atoms with E-state index in [1.165, 1.54) is 0 Å². The summed E-state index contributed by atoms with van der Waals surface area (Å²) in [5, 5.41) is 3.67. The third kappa shape index (κ3) is 4.28. The molecule has 0 aromatic rings. The Bertz CT molecular complexity index is 180. The summed E-state index contributed by atoms with van der Waals surface area (Å²) in [5.74, 6) is 0.215. The van der Waals surface area contributed by atoms with Gasteiger partial charge in [0.05, 0.1) is 0 Å². The molecule has 0 heterocycles. The van der Waals surface area contributed by atoms with Crippen molar-refractivity contribution in [1.29, 1.82) is 0 Å². The Labute approximate surface area is 79.1 Å². The fourth-order valence-corrected chi connectivity index (χ4v) is 0.626. The van der Waals surface area contributed by atoms with Gasteiger partial charge >= 0.3 is 0 Å². The van der Waals surface area contributed by atoms with E-state index in [2.05, 4.69) is 5.32 Å². The lowest BCUT2D eigenvalue weighted by Crippen LogP contribution is -2.37. The molecule has 1 unspecified atom stereocenters. The highest BCUT2D eigenvalue weighted by molar-refractivity contribution is 7.80. The van der Waals surface area contributed by atoms with Crippen LogP contribution < -0.4 is 5.32 Å². The van der Waals surface area contributed by atoms with Gasteiger partial charge in [-0.3, -0.25) is 4.79 Å². The number of carbonyl (C=O) groups is 1. The van der Waals surface area contributed by atoms with Crippen LogP contribution in [0.15, 0.2) is 0 Å². The summed E-state index contributed by atoms with van der Waals surface area (Å²) in [6.07, 6.45) is 0. The minimum atomic E-state index is 0.0305. The maximum absolute atomic E-state index is 10.8. The van der Waals surface area contributed by atoms with Gasteiger partial charge in [-0.1, -0.05) is 6.92 Å². The molecule has 0 aliphatic heterocycles. The van der Waals surface area contributed by atoms with Crippen molar-refractivity contribution < 1.29 is 4.79 Å². The van der Waals surface area contributed by atoms with Gasteiger partial charge in [-0.25, -0.2) is 0 Å². The number of Topliss-reactive ketones (excluding diaryl/α,β-unsaturated/α-hetero) is 1. The Morgan fingerprint density at radius 3 is 2.42 bits per heavy atom. The zero-order valence-corrected chi connectivity index (χ0v) is 8.86. The van der Waals surface area contributed by atoms with E-state index in [0.717, 1.165) is 0 Å². The number of ketones is 1. The lowest BCUT2D eigenvalue weighted by atomic mass is 10.1. The van der Waals surface area contributed by atoms with Crippen LogP contribution in [-0.4, -0.2) is 36.4 Å². The van der Waals surface area contributed by atoms with E-state index in [0.29, 0.717) is 11.7 Å². The van der Waals surface area contributed by atoms with Crippen LogP contribution in [-0.2, 0) is 4.79 Å². The average Bonchev–Trinajstić information content (AvgIpc) is 1.98. The van der Waals surface area contributed by atoms with Crippen molar-refractivity contribution >= 4 is 23.1 Å². The summed E-state index contributed by atoms with van der Waals surface area (Å²) in [6.45, 7) is 4.09. The molecule has 0 aliphatic carbocycles. The molecule has 4 heteroatoms. The van der Waals surface area contributed by atoms with Crippen molar-refractivity contribution in [1.82, 2.24) is 10.2 Å². The van der Waals surface area contributed by atoms with Gasteiger partial charge in [0.2, 0.25) is 0 Å². The molecule has 1 atom stereocenters. The van der Waals surface area contributed by atoms with E-state index in [1.54, 1.807) is 6.92 Å². The number of nitrogens with one attached hydrogen (secondary N) is 1. The smallest absolute Gasteiger partial charge is 0.168 e. The van der Waals surface area contributed by atoms with Crippen LogP contribution in [0.5, 0.6) is 0 Å². The molecular weight excluding hydrogens is 172 g/mol. The van der Waals surface area contributed by atoms with Crippen molar-refractivity contribution in [2.24, 2.45) is 5.92 Å². The summed E-state index contributed by atoms with van der Waals surface area (Å²) >= 11 is 4.99. The summed E-state index contributed by atoms with van der Waals surface area (Å²) in [4.78, 5) is 12.6. The minimum Gasteiger partial charge on any atom is -0.362 e. The first-order valence-electron chi connectivity index (χ1n) is 3.90. The van der Waals surface area contributed by atoms with Crippen molar-refractivity contribution in [2.45, 2.75) is 13.8 Å². The van der Waals surface area contributed by atoms with E-state index < -0.39 is 0 Å². The summed E-state index contributed by atoms with van der Waals surface area (Å²) < 4.78 is 0. The van der Waals surface area contributed by atoms with Crippen LogP contribution in [0.1, 0.15) is 13.8 Å². The number of hydrogen-bond acceptors (Lipinski definition) is 2. The Morgan fingerprint density at radius 1 is 1.58 bits per heavy atom. The van der Waals surface area contributed by atoms with Gasteiger partial charge in [-0.2, -0.15) is 0 Å². The van der Waals surface area contributed by atoms with Crippen molar-refractivity contribution in [2.75, 3.05) is 20.6 Å². The quantitative estimate of drug-likeness (QED) is 0.659. The van der Waals surface area contributed by atoms with E-state index in [-0.39, 0.29) is 11.7 Å². The Morgan fingerprint density at radius 2 is 2.08 bits per heavy atom. The van der Waals surface area contributed by atoms with Crippen LogP contribution in [0, 0.1) is 5.92 Å². The molecule has 3 nitrogen and oxygen atoms in total. The van der Waals surface area contributed by atoms with Crippen molar-refractivity contribution in [3.63, 3.8) is 0 Å². The van der Waals surface area contributed by atoms with Crippen molar-refractivity contribution in [3.05, 3.63) is 0 Å². The minimum absolute atomic E-state index is 0.0305.